The third-order valence-electron chi connectivity index (χ3n) is 3.73. The van der Waals surface area contributed by atoms with E-state index in [2.05, 4.69) is 6.07 Å². The van der Waals surface area contributed by atoms with Crippen molar-refractivity contribution in [1.82, 2.24) is 0 Å². The Morgan fingerprint density at radius 3 is 2.65 bits per heavy atom. The number of carboxylic acids is 1. The molecule has 17 heavy (non-hydrogen) atoms. The second kappa shape index (κ2) is 4.40. The molecule has 0 radical (unpaired) electrons. The third-order valence-corrected chi connectivity index (χ3v) is 3.73. The predicted molar refractivity (Wildman–Crippen MR) is 65.5 cm³/mol. The van der Waals surface area contributed by atoms with Crippen molar-refractivity contribution in [3.8, 4) is 5.75 Å². The van der Waals surface area contributed by atoms with Crippen LogP contribution in [0.4, 0.5) is 0 Å². The lowest BCUT2D eigenvalue weighted by Gasteiger charge is -2.42. The summed E-state index contributed by atoms with van der Waals surface area (Å²) in [6, 6.07) is 6.00. The first-order valence-electron chi connectivity index (χ1n) is 5.94. The molecule has 1 aliphatic rings. The molecule has 1 saturated carbocycles. The van der Waals surface area contributed by atoms with Gasteiger partial charge in [-0.15, -0.1) is 0 Å². The fourth-order valence-electron chi connectivity index (χ4n) is 2.67. The van der Waals surface area contributed by atoms with Crippen molar-refractivity contribution in [2.75, 3.05) is 7.11 Å². The maximum absolute atomic E-state index is 11.0. The molecule has 92 valence electrons. The maximum atomic E-state index is 11.0. The zero-order chi connectivity index (χ0) is 12.5. The predicted octanol–water partition coefficient (Wildman–Crippen LogP) is 2.90. The minimum atomic E-state index is -0.728. The molecule has 0 spiro atoms. The van der Waals surface area contributed by atoms with Gasteiger partial charge in [-0.2, -0.15) is 0 Å². The Kier molecular flexibility index (Phi) is 3.09. The van der Waals surface area contributed by atoms with E-state index in [1.165, 1.54) is 0 Å². The number of carboxylic acid groups (broad SMARTS) is 1. The van der Waals surface area contributed by atoms with Gasteiger partial charge in [-0.05, 0) is 25.8 Å². The summed E-state index contributed by atoms with van der Waals surface area (Å²) in [7, 11) is 1.64. The van der Waals surface area contributed by atoms with Crippen molar-refractivity contribution >= 4 is 5.97 Å². The summed E-state index contributed by atoms with van der Waals surface area (Å²) in [5, 5.41) is 9.07. The summed E-state index contributed by atoms with van der Waals surface area (Å²) in [4.78, 5) is 11.0. The van der Waals surface area contributed by atoms with Gasteiger partial charge in [0.15, 0.2) is 0 Å². The Labute approximate surface area is 101 Å². The lowest BCUT2D eigenvalue weighted by atomic mass is 9.62. The van der Waals surface area contributed by atoms with Crippen LogP contribution in [-0.4, -0.2) is 18.2 Å². The van der Waals surface area contributed by atoms with E-state index in [0.29, 0.717) is 0 Å². The maximum Gasteiger partial charge on any atom is 0.304 e. The number of ether oxygens (including phenoxy) is 1. The summed E-state index contributed by atoms with van der Waals surface area (Å²) < 4.78 is 5.37. The molecule has 1 aromatic rings. The molecule has 1 aromatic carbocycles. The topological polar surface area (TPSA) is 46.5 Å². The molecule has 0 bridgehead atoms. The SMILES string of the molecule is COc1ccc(C)cc1C1(CC(=O)O)CCC1. The smallest absolute Gasteiger partial charge is 0.304 e. The number of rotatable bonds is 4. The van der Waals surface area contributed by atoms with Gasteiger partial charge in [0.1, 0.15) is 5.75 Å². The van der Waals surface area contributed by atoms with Crippen molar-refractivity contribution in [3.63, 3.8) is 0 Å². The largest absolute Gasteiger partial charge is 0.496 e. The number of aryl methyl sites for hydroxylation is 1. The Morgan fingerprint density at radius 1 is 1.47 bits per heavy atom. The molecule has 0 heterocycles. The number of benzene rings is 1. The van der Waals surface area contributed by atoms with Crippen LogP contribution >= 0.6 is 0 Å². The molecule has 2 rings (SSSR count). The quantitative estimate of drug-likeness (QED) is 0.871. The summed E-state index contributed by atoms with van der Waals surface area (Å²) in [5.41, 5.74) is 2.01. The molecule has 3 nitrogen and oxygen atoms in total. The van der Waals surface area contributed by atoms with Crippen LogP contribution < -0.4 is 4.74 Å². The van der Waals surface area contributed by atoms with Crippen LogP contribution in [0.5, 0.6) is 5.75 Å². The van der Waals surface area contributed by atoms with Gasteiger partial charge in [0.25, 0.3) is 0 Å². The number of aliphatic carboxylic acids is 1. The van der Waals surface area contributed by atoms with Crippen molar-refractivity contribution in [2.24, 2.45) is 0 Å². The normalized spacial score (nSPS) is 17.3. The Balaban J connectivity index is 2.42. The highest BCUT2D eigenvalue weighted by atomic mass is 16.5. The van der Waals surface area contributed by atoms with Crippen LogP contribution in [0.3, 0.4) is 0 Å². The lowest BCUT2D eigenvalue weighted by molar-refractivity contribution is -0.139. The average Bonchev–Trinajstić information content (AvgIpc) is 2.23. The molecular formula is C14H18O3. The van der Waals surface area contributed by atoms with E-state index in [0.717, 1.165) is 36.1 Å². The molecule has 0 unspecified atom stereocenters. The summed E-state index contributed by atoms with van der Waals surface area (Å²) in [6.07, 6.45) is 3.19. The van der Waals surface area contributed by atoms with E-state index in [-0.39, 0.29) is 11.8 Å². The molecule has 0 atom stereocenters. The monoisotopic (exact) mass is 234 g/mol. The lowest BCUT2D eigenvalue weighted by Crippen LogP contribution is -2.37. The van der Waals surface area contributed by atoms with Crippen molar-refractivity contribution in [2.45, 2.75) is 38.0 Å². The van der Waals surface area contributed by atoms with Gasteiger partial charge < -0.3 is 9.84 Å². The van der Waals surface area contributed by atoms with Crippen LogP contribution in [0, 0.1) is 6.92 Å². The molecule has 1 N–H and O–H groups in total. The van der Waals surface area contributed by atoms with E-state index in [1.807, 2.05) is 19.1 Å². The van der Waals surface area contributed by atoms with Gasteiger partial charge in [0.05, 0.1) is 13.5 Å². The molecule has 0 saturated heterocycles. The zero-order valence-corrected chi connectivity index (χ0v) is 10.3. The highest BCUT2D eigenvalue weighted by Gasteiger charge is 2.42. The van der Waals surface area contributed by atoms with Gasteiger partial charge in [0, 0.05) is 11.0 Å². The van der Waals surface area contributed by atoms with Gasteiger partial charge in [-0.3, -0.25) is 4.79 Å². The number of carbonyl (C=O) groups is 1. The number of hydrogen-bond donors (Lipinski definition) is 1. The standard InChI is InChI=1S/C14H18O3/c1-10-4-5-12(17-2)11(8-10)14(6-3-7-14)9-13(15)16/h4-5,8H,3,6-7,9H2,1-2H3,(H,15,16). The molecule has 1 fully saturated rings. The van der Waals surface area contributed by atoms with E-state index >= 15 is 0 Å². The first kappa shape index (κ1) is 12.0. The third kappa shape index (κ3) is 2.14. The van der Waals surface area contributed by atoms with Crippen molar-refractivity contribution in [3.05, 3.63) is 29.3 Å². The number of hydrogen-bond acceptors (Lipinski definition) is 2. The van der Waals surface area contributed by atoms with Crippen LogP contribution in [0.2, 0.25) is 0 Å². The first-order chi connectivity index (χ1) is 8.07. The van der Waals surface area contributed by atoms with Crippen LogP contribution in [0.15, 0.2) is 18.2 Å². The molecule has 0 aliphatic heterocycles. The average molecular weight is 234 g/mol. The van der Waals surface area contributed by atoms with Crippen molar-refractivity contribution < 1.29 is 14.6 Å². The fraction of sp³-hybridized carbons (Fsp3) is 0.500. The molecule has 1 aliphatic carbocycles. The minimum Gasteiger partial charge on any atom is -0.496 e. The minimum absolute atomic E-state index is 0.201. The van der Waals surface area contributed by atoms with E-state index < -0.39 is 5.97 Å². The van der Waals surface area contributed by atoms with Crippen molar-refractivity contribution in [1.29, 1.82) is 0 Å². The van der Waals surface area contributed by atoms with Gasteiger partial charge in [0.2, 0.25) is 0 Å². The second-order valence-electron chi connectivity index (χ2n) is 4.91. The second-order valence-corrected chi connectivity index (χ2v) is 4.91. The van der Waals surface area contributed by atoms with Gasteiger partial charge in [-0.1, -0.05) is 24.1 Å². The highest BCUT2D eigenvalue weighted by Crippen LogP contribution is 2.49. The molecular weight excluding hydrogens is 216 g/mol. The van der Waals surface area contributed by atoms with Gasteiger partial charge in [-0.25, -0.2) is 0 Å². The van der Waals surface area contributed by atoms with Crippen LogP contribution in [-0.2, 0) is 10.2 Å². The first-order valence-corrected chi connectivity index (χ1v) is 5.94. The molecule has 0 amide bonds. The van der Waals surface area contributed by atoms with E-state index in [4.69, 9.17) is 9.84 Å². The zero-order valence-electron chi connectivity index (χ0n) is 10.3. The van der Waals surface area contributed by atoms with E-state index in [1.54, 1.807) is 7.11 Å². The summed E-state index contributed by atoms with van der Waals surface area (Å²) in [6.45, 7) is 2.02. The van der Waals surface area contributed by atoms with Gasteiger partial charge >= 0.3 is 5.97 Å². The fourth-order valence-corrected chi connectivity index (χ4v) is 2.67. The summed E-state index contributed by atoms with van der Waals surface area (Å²) >= 11 is 0. The molecule has 3 heteroatoms. The summed E-state index contributed by atoms with van der Waals surface area (Å²) in [5.74, 6) is 0.0878. The van der Waals surface area contributed by atoms with Crippen LogP contribution in [0.25, 0.3) is 0 Å². The Hall–Kier alpha value is -1.51. The molecule has 0 aromatic heterocycles. The number of methoxy groups -OCH3 is 1. The van der Waals surface area contributed by atoms with Crippen LogP contribution in [0.1, 0.15) is 36.8 Å². The Bertz CT molecular complexity index is 433. The van der Waals surface area contributed by atoms with E-state index in [9.17, 15) is 4.79 Å². The highest BCUT2D eigenvalue weighted by molar-refractivity contribution is 5.70. The Morgan fingerprint density at radius 2 is 2.18 bits per heavy atom.